The van der Waals surface area contributed by atoms with Crippen molar-refractivity contribution >= 4 is 12.4 Å². The van der Waals surface area contributed by atoms with Crippen LogP contribution >= 0.6 is 12.4 Å². The highest BCUT2D eigenvalue weighted by molar-refractivity contribution is 5.85. The summed E-state index contributed by atoms with van der Waals surface area (Å²) in [6, 6.07) is 1.96. The summed E-state index contributed by atoms with van der Waals surface area (Å²) >= 11 is 0. The summed E-state index contributed by atoms with van der Waals surface area (Å²) in [4.78, 5) is 0. The molecule has 0 atom stereocenters. The van der Waals surface area contributed by atoms with Crippen molar-refractivity contribution in [3.05, 3.63) is 35.9 Å². The smallest absolute Gasteiger partial charge is 0.257 e. The molecule has 2 heterocycles. The molecule has 0 saturated heterocycles. The van der Waals surface area contributed by atoms with Crippen LogP contribution in [0.4, 0.5) is 8.78 Å². The Kier molecular flexibility index (Phi) is 6.60. The molecule has 112 valence electrons. The Labute approximate surface area is 122 Å². The third-order valence-electron chi connectivity index (χ3n) is 2.67. The van der Waals surface area contributed by atoms with Crippen molar-refractivity contribution in [2.45, 2.75) is 39.5 Å². The van der Waals surface area contributed by atoms with Gasteiger partial charge >= 0.3 is 0 Å². The van der Waals surface area contributed by atoms with Crippen LogP contribution in [0.5, 0.6) is 0 Å². The number of hydrogen-bond acceptors (Lipinski definition) is 3. The summed E-state index contributed by atoms with van der Waals surface area (Å²) in [6.07, 6.45) is 2.78. The Hall–Kier alpha value is -1.47. The fourth-order valence-corrected chi connectivity index (χ4v) is 1.75. The zero-order valence-corrected chi connectivity index (χ0v) is 12.0. The third kappa shape index (κ3) is 4.90. The second-order valence-corrected chi connectivity index (χ2v) is 4.23. The molecule has 0 unspecified atom stereocenters. The predicted molar refractivity (Wildman–Crippen MR) is 73.9 cm³/mol. The van der Waals surface area contributed by atoms with Gasteiger partial charge in [0.1, 0.15) is 6.54 Å². The van der Waals surface area contributed by atoms with Crippen LogP contribution in [-0.4, -0.2) is 26.0 Å². The molecular weight excluding hydrogens is 288 g/mol. The first-order valence-electron chi connectivity index (χ1n) is 6.20. The van der Waals surface area contributed by atoms with Crippen molar-refractivity contribution < 1.29 is 8.78 Å². The molecule has 2 aromatic rings. The van der Waals surface area contributed by atoms with E-state index in [0.717, 1.165) is 17.8 Å². The van der Waals surface area contributed by atoms with Gasteiger partial charge in [-0.2, -0.15) is 10.2 Å². The van der Waals surface area contributed by atoms with Crippen molar-refractivity contribution in [2.75, 3.05) is 0 Å². The summed E-state index contributed by atoms with van der Waals surface area (Å²) in [5.74, 6) is 0. The Morgan fingerprint density at radius 3 is 2.75 bits per heavy atom. The summed E-state index contributed by atoms with van der Waals surface area (Å²) in [6.45, 7) is 3.75. The quantitative estimate of drug-likeness (QED) is 0.852. The first kappa shape index (κ1) is 16.6. The molecule has 0 spiro atoms. The Morgan fingerprint density at radius 1 is 1.30 bits per heavy atom. The summed E-state index contributed by atoms with van der Waals surface area (Å²) in [7, 11) is 0. The summed E-state index contributed by atoms with van der Waals surface area (Å²) in [5, 5.41) is 11.4. The topological polar surface area (TPSA) is 47.7 Å². The van der Waals surface area contributed by atoms with Gasteiger partial charge in [0.25, 0.3) is 6.43 Å². The van der Waals surface area contributed by atoms with Gasteiger partial charge in [0, 0.05) is 37.6 Å². The lowest BCUT2D eigenvalue weighted by molar-refractivity contribution is 0.122. The molecule has 0 aliphatic carbocycles. The molecule has 5 nitrogen and oxygen atoms in total. The van der Waals surface area contributed by atoms with Crippen LogP contribution in [0.3, 0.4) is 0 Å². The van der Waals surface area contributed by atoms with Gasteiger partial charge in [0.15, 0.2) is 0 Å². The highest BCUT2D eigenvalue weighted by Crippen LogP contribution is 2.02. The normalized spacial score (nSPS) is 10.8. The summed E-state index contributed by atoms with van der Waals surface area (Å²) < 4.78 is 27.4. The van der Waals surface area contributed by atoms with Crippen LogP contribution in [-0.2, 0) is 26.2 Å². The maximum atomic E-state index is 12.2. The number of aryl methyl sites for hydroxylation is 1. The van der Waals surface area contributed by atoms with Crippen LogP contribution in [0.15, 0.2) is 24.7 Å². The number of nitrogens with one attached hydrogen (secondary N) is 1. The van der Waals surface area contributed by atoms with E-state index in [2.05, 4.69) is 15.5 Å². The van der Waals surface area contributed by atoms with Crippen LogP contribution in [0.25, 0.3) is 0 Å². The average Bonchev–Trinajstić information content (AvgIpc) is 2.98. The highest BCUT2D eigenvalue weighted by atomic mass is 35.5. The van der Waals surface area contributed by atoms with Crippen LogP contribution in [0, 0.1) is 0 Å². The number of rotatable bonds is 7. The van der Waals surface area contributed by atoms with Gasteiger partial charge in [-0.1, -0.05) is 0 Å². The fourth-order valence-electron chi connectivity index (χ4n) is 1.75. The van der Waals surface area contributed by atoms with Gasteiger partial charge in [0.05, 0.1) is 11.9 Å². The van der Waals surface area contributed by atoms with E-state index in [9.17, 15) is 8.78 Å². The van der Waals surface area contributed by atoms with Crippen molar-refractivity contribution in [1.82, 2.24) is 24.9 Å². The first-order valence-corrected chi connectivity index (χ1v) is 6.20. The number of nitrogens with zero attached hydrogens (tertiary/aromatic N) is 4. The third-order valence-corrected chi connectivity index (χ3v) is 2.67. The van der Waals surface area contributed by atoms with E-state index in [1.165, 1.54) is 4.68 Å². The van der Waals surface area contributed by atoms with Gasteiger partial charge in [-0.3, -0.25) is 9.36 Å². The van der Waals surface area contributed by atoms with Gasteiger partial charge in [-0.05, 0) is 13.0 Å². The minimum Gasteiger partial charge on any atom is -0.307 e. The van der Waals surface area contributed by atoms with Crippen molar-refractivity contribution in [3.63, 3.8) is 0 Å². The molecule has 0 aliphatic rings. The van der Waals surface area contributed by atoms with E-state index >= 15 is 0 Å². The minimum absolute atomic E-state index is 0. The molecule has 2 rings (SSSR count). The largest absolute Gasteiger partial charge is 0.307 e. The standard InChI is InChI=1S/C12H17F2N5.ClH/c1-2-18-4-3-11(17-18)7-15-5-10-6-16-19(8-10)9-12(13)14;/h3-4,6,8,12,15H,2,5,7,9H2,1H3;1H. The van der Waals surface area contributed by atoms with Crippen molar-refractivity contribution in [2.24, 2.45) is 0 Å². The van der Waals surface area contributed by atoms with E-state index < -0.39 is 6.43 Å². The van der Waals surface area contributed by atoms with Gasteiger partial charge in [-0.15, -0.1) is 12.4 Å². The van der Waals surface area contributed by atoms with Crippen LogP contribution in [0.2, 0.25) is 0 Å². The molecule has 0 aromatic carbocycles. The zero-order valence-electron chi connectivity index (χ0n) is 11.2. The Bertz CT molecular complexity index is 511. The SMILES string of the molecule is CCn1ccc(CNCc2cnn(CC(F)F)c2)n1.Cl. The maximum absolute atomic E-state index is 12.2. The van der Waals surface area contributed by atoms with Gasteiger partial charge in [-0.25, -0.2) is 8.78 Å². The monoisotopic (exact) mass is 305 g/mol. The molecule has 20 heavy (non-hydrogen) atoms. The minimum atomic E-state index is -2.38. The van der Waals surface area contributed by atoms with E-state index in [4.69, 9.17) is 0 Å². The maximum Gasteiger partial charge on any atom is 0.257 e. The number of alkyl halides is 2. The lowest BCUT2D eigenvalue weighted by Gasteiger charge is -2.00. The van der Waals surface area contributed by atoms with Crippen molar-refractivity contribution in [1.29, 1.82) is 0 Å². The molecular formula is C12H18ClF2N5. The van der Waals surface area contributed by atoms with Crippen molar-refractivity contribution in [3.8, 4) is 0 Å². The van der Waals surface area contributed by atoms with E-state index in [1.807, 2.05) is 23.9 Å². The first-order chi connectivity index (χ1) is 9.17. The molecule has 8 heteroatoms. The lowest BCUT2D eigenvalue weighted by atomic mass is 10.3. The highest BCUT2D eigenvalue weighted by Gasteiger charge is 2.05. The fraction of sp³-hybridized carbons (Fsp3) is 0.500. The predicted octanol–water partition coefficient (Wildman–Crippen LogP) is 2.08. The van der Waals surface area contributed by atoms with E-state index in [-0.39, 0.29) is 19.0 Å². The molecule has 1 N–H and O–H groups in total. The molecule has 0 amide bonds. The van der Waals surface area contributed by atoms with Crippen LogP contribution < -0.4 is 5.32 Å². The Morgan fingerprint density at radius 2 is 2.10 bits per heavy atom. The average molecular weight is 306 g/mol. The second-order valence-electron chi connectivity index (χ2n) is 4.23. The van der Waals surface area contributed by atoms with Gasteiger partial charge < -0.3 is 5.32 Å². The molecule has 2 aromatic heterocycles. The Balaban J connectivity index is 0.00000200. The number of hydrogen-bond donors (Lipinski definition) is 1. The zero-order chi connectivity index (χ0) is 13.7. The lowest BCUT2D eigenvalue weighted by Crippen LogP contribution is -2.13. The van der Waals surface area contributed by atoms with Gasteiger partial charge in [0.2, 0.25) is 0 Å². The van der Waals surface area contributed by atoms with E-state index in [0.29, 0.717) is 13.1 Å². The molecule has 0 saturated carbocycles. The number of aromatic nitrogens is 4. The molecule has 0 fully saturated rings. The van der Waals surface area contributed by atoms with E-state index in [1.54, 1.807) is 12.4 Å². The molecule has 0 bridgehead atoms. The number of halogens is 3. The summed E-state index contributed by atoms with van der Waals surface area (Å²) in [5.41, 5.74) is 1.84. The van der Waals surface area contributed by atoms with Crippen LogP contribution in [0.1, 0.15) is 18.2 Å². The second kappa shape index (κ2) is 7.96. The molecule has 0 aliphatic heterocycles. The molecule has 0 radical (unpaired) electrons.